The van der Waals surface area contributed by atoms with E-state index in [1.807, 2.05) is 0 Å². The van der Waals surface area contributed by atoms with Crippen molar-refractivity contribution in [2.45, 2.75) is 18.4 Å². The Bertz CT molecular complexity index is 933. The van der Waals surface area contributed by atoms with Gasteiger partial charge in [0.1, 0.15) is 17.4 Å². The molecule has 1 unspecified atom stereocenters. The van der Waals surface area contributed by atoms with Gasteiger partial charge in [-0.25, -0.2) is 13.5 Å². The molecule has 0 spiro atoms. The van der Waals surface area contributed by atoms with E-state index < -0.39 is 17.9 Å². The van der Waals surface area contributed by atoms with E-state index in [-0.39, 0.29) is 12.1 Å². The van der Waals surface area contributed by atoms with Crippen LogP contribution in [0.1, 0.15) is 23.0 Å². The number of aromatic nitrogens is 6. The summed E-state index contributed by atoms with van der Waals surface area (Å²) in [7, 11) is 0. The Hall–Kier alpha value is -3.17. The lowest BCUT2D eigenvalue weighted by atomic mass is 10.3. The highest BCUT2D eigenvalue weighted by atomic mass is 19.3. The highest BCUT2D eigenvalue weighted by Gasteiger charge is 2.59. The first-order valence-corrected chi connectivity index (χ1v) is 7.06. The van der Waals surface area contributed by atoms with Gasteiger partial charge in [-0.05, 0) is 18.2 Å². The Morgan fingerprint density at radius 2 is 2.12 bits per heavy atom. The van der Waals surface area contributed by atoms with Gasteiger partial charge in [-0.1, -0.05) is 5.21 Å². The maximum absolute atomic E-state index is 13.3. The van der Waals surface area contributed by atoms with Gasteiger partial charge in [0.2, 0.25) is 0 Å². The number of alkyl halides is 2. The number of amides is 1. The van der Waals surface area contributed by atoms with Crippen LogP contribution in [0.4, 0.5) is 8.78 Å². The van der Waals surface area contributed by atoms with Gasteiger partial charge in [-0.2, -0.15) is 5.10 Å². The van der Waals surface area contributed by atoms with E-state index in [1.54, 1.807) is 18.3 Å². The molecular weight excluding hydrogens is 320 g/mol. The Balaban J connectivity index is 1.68. The lowest BCUT2D eigenvalue weighted by Crippen LogP contribution is -2.13. The molecule has 0 saturated heterocycles. The quantitative estimate of drug-likeness (QED) is 0.773. The second-order valence-corrected chi connectivity index (χ2v) is 5.45. The molecule has 1 amide bonds. The van der Waals surface area contributed by atoms with Crippen LogP contribution in [0.2, 0.25) is 0 Å². The summed E-state index contributed by atoms with van der Waals surface area (Å²) in [5, 5.41) is 11.9. The van der Waals surface area contributed by atoms with Crippen LogP contribution in [-0.2, 0) is 0 Å². The van der Waals surface area contributed by atoms with Crippen molar-refractivity contribution in [3.8, 4) is 17.1 Å². The fraction of sp³-hybridized carbons (Fsp3) is 0.214. The standard InChI is InChI=1S/C14H11F2N7O/c15-14(16)6-12(14)23-11(2-4-19-23)10-7-22(21-20-10)8-1-3-18-9(5-8)13(17)24/h1-5,7,12H,6H2,(H2,17,24). The summed E-state index contributed by atoms with van der Waals surface area (Å²) in [5.74, 6) is -3.40. The zero-order chi connectivity index (χ0) is 16.9. The fourth-order valence-corrected chi connectivity index (χ4v) is 2.43. The molecule has 1 atom stereocenters. The largest absolute Gasteiger partial charge is 0.364 e. The number of nitrogens with zero attached hydrogens (tertiary/aromatic N) is 6. The molecule has 0 aliphatic heterocycles. The first kappa shape index (κ1) is 14.4. The van der Waals surface area contributed by atoms with Crippen molar-refractivity contribution in [1.29, 1.82) is 0 Å². The molecule has 8 nitrogen and oxygen atoms in total. The number of hydrogen-bond donors (Lipinski definition) is 1. The average molecular weight is 331 g/mol. The van der Waals surface area contributed by atoms with Crippen molar-refractivity contribution in [1.82, 2.24) is 29.8 Å². The van der Waals surface area contributed by atoms with Crippen molar-refractivity contribution in [2.75, 3.05) is 0 Å². The zero-order valence-electron chi connectivity index (χ0n) is 12.2. The molecule has 122 valence electrons. The minimum atomic E-state index is -2.74. The van der Waals surface area contributed by atoms with Crippen molar-refractivity contribution in [2.24, 2.45) is 5.73 Å². The van der Waals surface area contributed by atoms with E-state index >= 15 is 0 Å². The molecule has 0 bridgehead atoms. The normalized spacial score (nSPS) is 18.5. The molecule has 3 aromatic heterocycles. The molecule has 1 aliphatic rings. The van der Waals surface area contributed by atoms with E-state index in [4.69, 9.17) is 5.73 Å². The SMILES string of the molecule is NC(=O)c1cc(-n2cc(-c3ccnn3C3CC3(F)F)nn2)ccn1. The van der Waals surface area contributed by atoms with Crippen molar-refractivity contribution >= 4 is 5.91 Å². The van der Waals surface area contributed by atoms with Gasteiger partial charge in [-0.3, -0.25) is 14.5 Å². The fourth-order valence-electron chi connectivity index (χ4n) is 2.43. The molecule has 2 N–H and O–H groups in total. The second-order valence-electron chi connectivity index (χ2n) is 5.45. The van der Waals surface area contributed by atoms with E-state index in [9.17, 15) is 13.6 Å². The molecule has 10 heteroatoms. The number of hydrogen-bond acceptors (Lipinski definition) is 5. The van der Waals surface area contributed by atoms with E-state index in [2.05, 4.69) is 20.4 Å². The molecule has 0 aromatic carbocycles. The lowest BCUT2D eigenvalue weighted by Gasteiger charge is -2.03. The van der Waals surface area contributed by atoms with Crippen LogP contribution in [0.3, 0.4) is 0 Å². The van der Waals surface area contributed by atoms with E-state index in [0.29, 0.717) is 17.1 Å². The lowest BCUT2D eigenvalue weighted by molar-refractivity contribution is 0.0982. The third kappa shape index (κ3) is 2.32. The summed E-state index contributed by atoms with van der Waals surface area (Å²) >= 11 is 0. The Morgan fingerprint density at radius 1 is 1.33 bits per heavy atom. The molecule has 3 heterocycles. The maximum Gasteiger partial charge on any atom is 0.272 e. The predicted octanol–water partition coefficient (Wildman–Crippen LogP) is 1.20. The van der Waals surface area contributed by atoms with Crippen LogP contribution in [0.5, 0.6) is 0 Å². The summed E-state index contributed by atoms with van der Waals surface area (Å²) in [6.07, 6.45) is 4.20. The number of halogens is 2. The summed E-state index contributed by atoms with van der Waals surface area (Å²) < 4.78 is 29.3. The van der Waals surface area contributed by atoms with Crippen LogP contribution in [-0.4, -0.2) is 41.6 Å². The van der Waals surface area contributed by atoms with Crippen LogP contribution >= 0.6 is 0 Å². The highest BCUT2D eigenvalue weighted by Crippen LogP contribution is 2.53. The highest BCUT2D eigenvalue weighted by molar-refractivity contribution is 5.91. The summed E-state index contributed by atoms with van der Waals surface area (Å²) in [5.41, 5.74) is 6.66. The molecule has 0 radical (unpaired) electrons. The number of pyridine rings is 1. The third-order valence-electron chi connectivity index (χ3n) is 3.77. The minimum Gasteiger partial charge on any atom is -0.364 e. The predicted molar refractivity (Wildman–Crippen MR) is 77.5 cm³/mol. The van der Waals surface area contributed by atoms with E-state index in [0.717, 1.165) is 0 Å². The van der Waals surface area contributed by atoms with Gasteiger partial charge < -0.3 is 5.73 Å². The van der Waals surface area contributed by atoms with Crippen LogP contribution in [0.15, 0.2) is 36.8 Å². The molecule has 1 fully saturated rings. The van der Waals surface area contributed by atoms with Gasteiger partial charge in [0.05, 0.1) is 17.6 Å². The third-order valence-corrected chi connectivity index (χ3v) is 3.77. The molecule has 3 aromatic rings. The summed E-state index contributed by atoms with van der Waals surface area (Å²) in [4.78, 5) is 15.0. The molecular formula is C14H11F2N7O. The van der Waals surface area contributed by atoms with Crippen molar-refractivity contribution < 1.29 is 13.6 Å². The first-order chi connectivity index (χ1) is 11.5. The van der Waals surface area contributed by atoms with Gasteiger partial charge in [0.15, 0.2) is 0 Å². The summed E-state index contributed by atoms with van der Waals surface area (Å²) in [6, 6.07) is 3.74. The Labute approximate surface area is 133 Å². The number of rotatable bonds is 4. The first-order valence-electron chi connectivity index (χ1n) is 7.06. The minimum absolute atomic E-state index is 0.0900. The Morgan fingerprint density at radius 3 is 2.83 bits per heavy atom. The number of carbonyl (C=O) groups excluding carboxylic acids is 1. The molecule has 1 aliphatic carbocycles. The maximum atomic E-state index is 13.3. The van der Waals surface area contributed by atoms with E-state index in [1.165, 1.54) is 27.8 Å². The summed E-state index contributed by atoms with van der Waals surface area (Å²) in [6.45, 7) is 0. The van der Waals surface area contributed by atoms with Gasteiger partial charge in [0.25, 0.3) is 11.8 Å². The number of carbonyl (C=O) groups is 1. The van der Waals surface area contributed by atoms with Gasteiger partial charge in [-0.15, -0.1) is 5.10 Å². The van der Waals surface area contributed by atoms with Crippen LogP contribution < -0.4 is 5.73 Å². The van der Waals surface area contributed by atoms with Crippen LogP contribution in [0, 0.1) is 0 Å². The smallest absolute Gasteiger partial charge is 0.272 e. The Kier molecular flexibility index (Phi) is 2.95. The van der Waals surface area contributed by atoms with Crippen LogP contribution in [0.25, 0.3) is 17.1 Å². The monoisotopic (exact) mass is 331 g/mol. The second kappa shape index (κ2) is 4.91. The number of primary amides is 1. The zero-order valence-corrected chi connectivity index (χ0v) is 12.2. The van der Waals surface area contributed by atoms with Crippen molar-refractivity contribution in [3.63, 3.8) is 0 Å². The van der Waals surface area contributed by atoms with Gasteiger partial charge in [0, 0.05) is 18.8 Å². The average Bonchev–Trinajstić information content (AvgIpc) is 2.99. The topological polar surface area (TPSA) is 105 Å². The molecule has 24 heavy (non-hydrogen) atoms. The van der Waals surface area contributed by atoms with Crippen molar-refractivity contribution in [3.05, 3.63) is 42.5 Å². The number of nitrogens with two attached hydrogens (primary N) is 1. The molecule has 1 saturated carbocycles. The van der Waals surface area contributed by atoms with Gasteiger partial charge >= 0.3 is 0 Å². The molecule has 4 rings (SSSR count).